The number of nitrogens with one attached hydrogen (secondary N) is 2. The van der Waals surface area contributed by atoms with Gasteiger partial charge in [-0.25, -0.2) is 13.2 Å². The molecule has 1 aromatic heterocycles. The van der Waals surface area contributed by atoms with Crippen molar-refractivity contribution in [2.24, 2.45) is 7.05 Å². The molecule has 2 heterocycles. The van der Waals surface area contributed by atoms with E-state index < -0.39 is 27.8 Å². The number of rotatable bonds is 5. The van der Waals surface area contributed by atoms with E-state index in [-0.39, 0.29) is 29.6 Å². The number of sulfonamides is 1. The molecule has 0 bridgehead atoms. The van der Waals surface area contributed by atoms with Crippen LogP contribution in [0.1, 0.15) is 33.4 Å². The zero-order valence-electron chi connectivity index (χ0n) is 19.5. The Bertz CT molecular complexity index is 1170. The van der Waals surface area contributed by atoms with Gasteiger partial charge in [-0.2, -0.15) is 5.10 Å². The molecule has 1 aliphatic heterocycles. The SMILES string of the molecule is CC(=O)NC[C@H]1CN(S(=O)(=O)c2cnn(C)c2C)c2cc(NC(=O)OC(C)(C)C)ccc2O1. The van der Waals surface area contributed by atoms with Crippen molar-refractivity contribution in [3.63, 3.8) is 0 Å². The van der Waals surface area contributed by atoms with Crippen LogP contribution in [0, 0.1) is 6.92 Å². The molecular weight excluding hydrogens is 450 g/mol. The summed E-state index contributed by atoms with van der Waals surface area (Å²) in [4.78, 5) is 23.6. The topological polar surface area (TPSA) is 132 Å². The molecule has 3 rings (SSSR count). The number of nitrogens with zero attached hydrogens (tertiary/aromatic N) is 3. The maximum Gasteiger partial charge on any atom is 0.412 e. The molecule has 0 saturated carbocycles. The summed E-state index contributed by atoms with van der Waals surface area (Å²) in [5.74, 6) is 0.0512. The summed E-state index contributed by atoms with van der Waals surface area (Å²) >= 11 is 0. The Morgan fingerprint density at radius 1 is 1.30 bits per heavy atom. The van der Waals surface area contributed by atoms with Crippen LogP contribution in [0.3, 0.4) is 0 Å². The summed E-state index contributed by atoms with van der Waals surface area (Å²) in [6, 6.07) is 4.67. The van der Waals surface area contributed by atoms with E-state index in [4.69, 9.17) is 9.47 Å². The van der Waals surface area contributed by atoms with Crippen molar-refractivity contribution in [3.05, 3.63) is 30.1 Å². The summed E-state index contributed by atoms with van der Waals surface area (Å²) in [5.41, 5.74) is 0.385. The Kier molecular flexibility index (Phi) is 6.59. The van der Waals surface area contributed by atoms with Gasteiger partial charge in [-0.05, 0) is 45.9 Å². The number of carbonyl (C=O) groups excluding carboxylic acids is 2. The van der Waals surface area contributed by atoms with E-state index in [1.165, 1.54) is 28.2 Å². The van der Waals surface area contributed by atoms with E-state index in [9.17, 15) is 18.0 Å². The van der Waals surface area contributed by atoms with Crippen molar-refractivity contribution in [1.82, 2.24) is 15.1 Å². The van der Waals surface area contributed by atoms with Crippen LogP contribution < -0.4 is 19.7 Å². The lowest BCUT2D eigenvalue weighted by molar-refractivity contribution is -0.119. The van der Waals surface area contributed by atoms with Gasteiger partial charge in [0.05, 0.1) is 30.7 Å². The van der Waals surface area contributed by atoms with E-state index in [0.717, 1.165) is 0 Å². The number of aromatic nitrogens is 2. The number of benzene rings is 1. The Balaban J connectivity index is 2.00. The van der Waals surface area contributed by atoms with Gasteiger partial charge in [0.15, 0.2) is 0 Å². The fourth-order valence-electron chi connectivity index (χ4n) is 3.25. The van der Waals surface area contributed by atoms with Gasteiger partial charge in [-0.15, -0.1) is 0 Å². The van der Waals surface area contributed by atoms with Crippen molar-refractivity contribution >= 4 is 33.4 Å². The number of fused-ring (bicyclic) bond motifs is 1. The number of amides is 2. The third-order valence-electron chi connectivity index (χ3n) is 4.87. The molecule has 1 aromatic carbocycles. The quantitative estimate of drug-likeness (QED) is 0.672. The fourth-order valence-corrected chi connectivity index (χ4v) is 4.94. The lowest BCUT2D eigenvalue weighted by Gasteiger charge is -2.35. The van der Waals surface area contributed by atoms with Gasteiger partial charge in [-0.1, -0.05) is 0 Å². The first kappa shape index (κ1) is 24.4. The second-order valence-electron chi connectivity index (χ2n) is 8.74. The molecule has 0 fully saturated rings. The Morgan fingerprint density at radius 2 is 2.00 bits per heavy atom. The number of anilines is 2. The molecular formula is C21H29N5O6S. The van der Waals surface area contributed by atoms with E-state index in [2.05, 4.69) is 15.7 Å². The van der Waals surface area contributed by atoms with Crippen molar-refractivity contribution in [3.8, 4) is 5.75 Å². The molecule has 33 heavy (non-hydrogen) atoms. The van der Waals surface area contributed by atoms with Crippen molar-refractivity contribution < 1.29 is 27.5 Å². The fraction of sp³-hybridized carbons (Fsp3) is 0.476. The number of carbonyl (C=O) groups is 2. The normalized spacial score (nSPS) is 15.9. The number of hydrogen-bond donors (Lipinski definition) is 2. The number of hydrogen-bond acceptors (Lipinski definition) is 7. The third kappa shape index (κ3) is 5.56. The Morgan fingerprint density at radius 3 is 2.58 bits per heavy atom. The van der Waals surface area contributed by atoms with E-state index >= 15 is 0 Å². The molecule has 0 radical (unpaired) electrons. The van der Waals surface area contributed by atoms with Crippen LogP contribution in [0.4, 0.5) is 16.2 Å². The van der Waals surface area contributed by atoms with Gasteiger partial charge in [0, 0.05) is 19.7 Å². The van der Waals surface area contributed by atoms with Crippen LogP contribution in [0.5, 0.6) is 5.75 Å². The lowest BCUT2D eigenvalue weighted by Crippen LogP contribution is -2.48. The van der Waals surface area contributed by atoms with Crippen LogP contribution in [-0.4, -0.2) is 55.0 Å². The third-order valence-corrected chi connectivity index (χ3v) is 6.76. The molecule has 12 heteroatoms. The molecule has 180 valence electrons. The summed E-state index contributed by atoms with van der Waals surface area (Å²) in [5, 5.41) is 9.32. The Hall–Kier alpha value is -3.28. The highest BCUT2D eigenvalue weighted by atomic mass is 32.2. The monoisotopic (exact) mass is 479 g/mol. The maximum absolute atomic E-state index is 13.6. The smallest absolute Gasteiger partial charge is 0.412 e. The summed E-state index contributed by atoms with van der Waals surface area (Å²) in [7, 11) is -2.36. The largest absolute Gasteiger partial charge is 0.484 e. The van der Waals surface area contributed by atoms with E-state index in [0.29, 0.717) is 17.1 Å². The van der Waals surface area contributed by atoms with E-state index in [1.807, 2.05) is 0 Å². The first-order valence-electron chi connectivity index (χ1n) is 10.3. The molecule has 0 saturated heterocycles. The molecule has 1 atom stereocenters. The summed E-state index contributed by atoms with van der Waals surface area (Å²) in [6.07, 6.45) is 0.0175. The molecule has 1 aliphatic rings. The maximum atomic E-state index is 13.6. The first-order chi connectivity index (χ1) is 15.3. The first-order valence-corrected chi connectivity index (χ1v) is 11.8. The molecule has 2 N–H and O–H groups in total. The molecule has 2 aromatic rings. The summed E-state index contributed by atoms with van der Waals surface area (Å²) in [6.45, 7) is 8.35. The number of ether oxygens (including phenoxy) is 2. The van der Waals surface area contributed by atoms with Crippen LogP contribution in [0.2, 0.25) is 0 Å². The predicted molar refractivity (Wildman–Crippen MR) is 122 cm³/mol. The zero-order valence-corrected chi connectivity index (χ0v) is 20.3. The van der Waals surface area contributed by atoms with Gasteiger partial charge in [0.25, 0.3) is 10.0 Å². The van der Waals surface area contributed by atoms with Gasteiger partial charge in [-0.3, -0.25) is 19.1 Å². The predicted octanol–water partition coefficient (Wildman–Crippen LogP) is 2.17. The van der Waals surface area contributed by atoms with Gasteiger partial charge < -0.3 is 14.8 Å². The second kappa shape index (κ2) is 8.93. The van der Waals surface area contributed by atoms with Crippen LogP contribution >= 0.6 is 0 Å². The number of aryl methyl sites for hydroxylation is 1. The minimum Gasteiger partial charge on any atom is -0.484 e. The van der Waals surface area contributed by atoms with Gasteiger partial charge >= 0.3 is 6.09 Å². The second-order valence-corrected chi connectivity index (χ2v) is 10.6. The minimum absolute atomic E-state index is 0.0418. The molecule has 11 nitrogen and oxygen atoms in total. The lowest BCUT2D eigenvalue weighted by atomic mass is 10.2. The van der Waals surface area contributed by atoms with E-state index in [1.54, 1.807) is 46.9 Å². The molecule has 0 aliphatic carbocycles. The average Bonchev–Trinajstić information content (AvgIpc) is 3.03. The van der Waals surface area contributed by atoms with Crippen molar-refractivity contribution in [2.75, 3.05) is 22.7 Å². The van der Waals surface area contributed by atoms with Crippen molar-refractivity contribution in [1.29, 1.82) is 0 Å². The van der Waals surface area contributed by atoms with Crippen LogP contribution in [-0.2, 0) is 26.6 Å². The molecule has 0 unspecified atom stereocenters. The molecule has 0 spiro atoms. The standard InChI is InChI=1S/C21H29N5O6S/c1-13-19(11-23-25(13)6)33(29,30)26-12-16(10-22-14(2)27)31-18-8-7-15(9-17(18)26)24-20(28)32-21(3,4)5/h7-9,11,16H,10,12H2,1-6H3,(H,22,27)(H,24,28)/t16-/m0/s1. The van der Waals surface area contributed by atoms with Crippen LogP contribution in [0.25, 0.3) is 0 Å². The average molecular weight is 480 g/mol. The van der Waals surface area contributed by atoms with Crippen molar-refractivity contribution in [2.45, 2.75) is 51.2 Å². The van der Waals surface area contributed by atoms with Gasteiger partial charge in [0.2, 0.25) is 5.91 Å². The highest BCUT2D eigenvalue weighted by Gasteiger charge is 2.36. The molecule has 2 amide bonds. The summed E-state index contributed by atoms with van der Waals surface area (Å²) < 4.78 is 41.1. The van der Waals surface area contributed by atoms with Crippen LogP contribution in [0.15, 0.2) is 29.3 Å². The zero-order chi connectivity index (χ0) is 24.6. The van der Waals surface area contributed by atoms with Gasteiger partial charge in [0.1, 0.15) is 22.4 Å². The minimum atomic E-state index is -4.02. The highest BCUT2D eigenvalue weighted by Crippen LogP contribution is 2.39. The Labute approximate surface area is 193 Å². The highest BCUT2D eigenvalue weighted by molar-refractivity contribution is 7.92.